The van der Waals surface area contributed by atoms with Gasteiger partial charge in [-0.2, -0.15) is 0 Å². The van der Waals surface area contributed by atoms with Crippen molar-refractivity contribution in [3.05, 3.63) is 12.2 Å². The smallest absolute Gasteiger partial charge is 0.336 e. The zero-order chi connectivity index (χ0) is 30.4. The van der Waals surface area contributed by atoms with Crippen molar-refractivity contribution in [1.82, 2.24) is 26.0 Å². The molecule has 0 radical (unpaired) electrons. The summed E-state index contributed by atoms with van der Waals surface area (Å²) in [5.74, 6) is -2.68. The fourth-order valence-electron chi connectivity index (χ4n) is 4.27. The van der Waals surface area contributed by atoms with Crippen LogP contribution in [-0.2, 0) is 33.4 Å². The third-order valence-corrected chi connectivity index (χ3v) is 6.16. The first-order valence-corrected chi connectivity index (χ1v) is 13.7. The summed E-state index contributed by atoms with van der Waals surface area (Å²) in [4.78, 5) is 76.7. The van der Waals surface area contributed by atoms with Crippen molar-refractivity contribution in [2.75, 3.05) is 26.8 Å². The maximum Gasteiger partial charge on any atom is 0.336 e. The minimum absolute atomic E-state index is 0.0276. The normalized spacial score (nSPS) is 16.4. The van der Waals surface area contributed by atoms with Crippen molar-refractivity contribution in [3.8, 4) is 0 Å². The van der Waals surface area contributed by atoms with Gasteiger partial charge in [0.25, 0.3) is 0 Å². The molecule has 3 atom stereocenters. The Labute approximate surface area is 236 Å². The summed E-state index contributed by atoms with van der Waals surface area (Å²) in [5.41, 5.74) is 2.43. The number of rotatable bonds is 13. The van der Waals surface area contributed by atoms with Gasteiger partial charge in [-0.25, -0.2) is 19.4 Å². The lowest BCUT2D eigenvalue weighted by Crippen LogP contribution is -2.59. The first-order valence-electron chi connectivity index (χ1n) is 13.7. The quantitative estimate of drug-likeness (QED) is 0.170. The molecule has 1 aliphatic rings. The number of hydrogen-bond donors (Lipinski definition) is 3. The molecule has 1 rings (SSSR count). The molecule has 1 aliphatic heterocycles. The molecule has 0 aromatic heterocycles. The number of urea groups is 1. The van der Waals surface area contributed by atoms with Gasteiger partial charge in [0.15, 0.2) is 0 Å². The van der Waals surface area contributed by atoms with Gasteiger partial charge in [0.1, 0.15) is 18.1 Å². The average molecular weight is 568 g/mol. The minimum Gasteiger partial charge on any atom is -0.467 e. The molecule has 0 aliphatic carbocycles. The summed E-state index contributed by atoms with van der Waals surface area (Å²) >= 11 is 0. The molecular weight excluding hydrogens is 522 g/mol. The zero-order valence-corrected chi connectivity index (χ0v) is 24.7. The lowest BCUT2D eigenvalue weighted by atomic mass is 10.0. The van der Waals surface area contributed by atoms with Crippen LogP contribution >= 0.6 is 0 Å². The fraction of sp³-hybridized carbons (Fsp3) is 0.704. The van der Waals surface area contributed by atoms with E-state index in [1.165, 1.54) is 31.1 Å². The summed E-state index contributed by atoms with van der Waals surface area (Å²) in [6.07, 6.45) is 4.37. The topological polar surface area (TPSA) is 163 Å². The van der Waals surface area contributed by atoms with Crippen LogP contribution in [0.3, 0.4) is 0 Å². The number of carbonyl (C=O) groups is 6. The zero-order valence-electron chi connectivity index (χ0n) is 24.7. The molecule has 0 bridgehead atoms. The van der Waals surface area contributed by atoms with Gasteiger partial charge in [-0.3, -0.25) is 19.8 Å². The molecule has 1 saturated heterocycles. The number of methoxy groups -OCH3 is 1. The molecule has 0 unspecified atom stereocenters. The molecule has 0 aromatic rings. The Balaban J connectivity index is 2.99. The number of ether oxygens (including phenoxy) is 2. The van der Waals surface area contributed by atoms with E-state index in [0.717, 1.165) is 5.01 Å². The van der Waals surface area contributed by atoms with Crippen LogP contribution in [0.1, 0.15) is 67.2 Å². The number of esters is 2. The van der Waals surface area contributed by atoms with Crippen LogP contribution in [-0.4, -0.2) is 90.5 Å². The summed E-state index contributed by atoms with van der Waals surface area (Å²) in [7, 11) is 1.25. The highest BCUT2D eigenvalue weighted by atomic mass is 16.5. The van der Waals surface area contributed by atoms with E-state index in [4.69, 9.17) is 9.47 Å². The van der Waals surface area contributed by atoms with Crippen LogP contribution in [0.25, 0.3) is 0 Å². The minimum atomic E-state index is -0.987. The Hall–Kier alpha value is -3.64. The Morgan fingerprint density at radius 3 is 2.30 bits per heavy atom. The third kappa shape index (κ3) is 11.2. The Kier molecular flexibility index (Phi) is 14.7. The van der Waals surface area contributed by atoms with Crippen molar-refractivity contribution < 1.29 is 38.2 Å². The van der Waals surface area contributed by atoms with Crippen LogP contribution in [0.5, 0.6) is 0 Å². The van der Waals surface area contributed by atoms with E-state index in [1.54, 1.807) is 20.8 Å². The van der Waals surface area contributed by atoms with Crippen LogP contribution in [0.4, 0.5) is 4.79 Å². The molecule has 13 nitrogen and oxygen atoms in total. The molecular formula is C27H45N5O8. The van der Waals surface area contributed by atoms with Gasteiger partial charge in [0.05, 0.1) is 13.7 Å². The number of amides is 5. The van der Waals surface area contributed by atoms with E-state index in [1.807, 2.05) is 13.8 Å². The Morgan fingerprint density at radius 2 is 1.75 bits per heavy atom. The first kappa shape index (κ1) is 34.4. The van der Waals surface area contributed by atoms with Gasteiger partial charge >= 0.3 is 18.0 Å². The highest BCUT2D eigenvalue weighted by molar-refractivity contribution is 5.94. The summed E-state index contributed by atoms with van der Waals surface area (Å²) in [6, 6.07) is -3.34. The van der Waals surface area contributed by atoms with Crippen molar-refractivity contribution >= 4 is 35.7 Å². The summed E-state index contributed by atoms with van der Waals surface area (Å²) < 4.78 is 9.64. The molecule has 13 heteroatoms. The van der Waals surface area contributed by atoms with E-state index in [9.17, 15) is 28.8 Å². The molecule has 1 fully saturated rings. The molecule has 0 saturated carbocycles. The molecule has 1 heterocycles. The largest absolute Gasteiger partial charge is 0.467 e. The second kappa shape index (κ2) is 17.1. The number of hydrazine groups is 1. The molecule has 5 amide bonds. The standard InChI is InChI=1S/C27H45N5O8/c1-8-40-22(34)13-9-10-15-32(30-19(6)33)27(38)29-23(18(4)5)25(36)31-14-11-12-21(31)24(35)28-20(16-17(2)3)26(37)39-7/h9,13,17-18,20-21,23H,8,10-12,14-16H2,1-7H3,(H,28,35)(H,29,38)(H,30,33)/b13-9+/t20-,21-,23-/m0/s1. The monoisotopic (exact) mass is 567 g/mol. The second-order valence-electron chi connectivity index (χ2n) is 10.3. The highest BCUT2D eigenvalue weighted by Crippen LogP contribution is 2.21. The van der Waals surface area contributed by atoms with E-state index >= 15 is 0 Å². The highest BCUT2D eigenvalue weighted by Gasteiger charge is 2.40. The third-order valence-electron chi connectivity index (χ3n) is 6.16. The Morgan fingerprint density at radius 1 is 1.07 bits per heavy atom. The second-order valence-corrected chi connectivity index (χ2v) is 10.3. The first-order chi connectivity index (χ1) is 18.8. The number of likely N-dealkylation sites (tertiary alicyclic amines) is 1. The van der Waals surface area contributed by atoms with E-state index < -0.39 is 53.8 Å². The van der Waals surface area contributed by atoms with Crippen molar-refractivity contribution in [2.24, 2.45) is 11.8 Å². The van der Waals surface area contributed by atoms with E-state index in [0.29, 0.717) is 25.8 Å². The molecule has 40 heavy (non-hydrogen) atoms. The number of hydrogen-bond acceptors (Lipinski definition) is 8. The van der Waals surface area contributed by atoms with E-state index in [2.05, 4.69) is 16.1 Å². The number of carbonyl (C=O) groups excluding carboxylic acids is 6. The summed E-state index contributed by atoms with van der Waals surface area (Å²) in [6.45, 7) is 10.9. The van der Waals surface area contributed by atoms with Crippen LogP contribution in [0.15, 0.2) is 12.2 Å². The van der Waals surface area contributed by atoms with Crippen molar-refractivity contribution in [2.45, 2.75) is 85.4 Å². The van der Waals surface area contributed by atoms with Gasteiger partial charge in [-0.15, -0.1) is 0 Å². The van der Waals surface area contributed by atoms with Gasteiger partial charge in [0, 0.05) is 26.1 Å². The molecule has 3 N–H and O–H groups in total. The van der Waals surface area contributed by atoms with E-state index in [-0.39, 0.29) is 31.4 Å². The van der Waals surface area contributed by atoms with Gasteiger partial charge < -0.3 is 25.0 Å². The van der Waals surface area contributed by atoms with Gasteiger partial charge in [-0.05, 0) is 44.4 Å². The molecule has 226 valence electrons. The SMILES string of the molecule is CCOC(=O)/C=C/CCN(NC(C)=O)C(=O)N[C@H](C(=O)N1CCC[C@H]1C(=O)N[C@@H](CC(C)C)C(=O)OC)C(C)C. The maximum atomic E-state index is 13.6. The number of nitrogens with one attached hydrogen (secondary N) is 3. The van der Waals surface area contributed by atoms with Crippen LogP contribution < -0.4 is 16.1 Å². The predicted octanol–water partition coefficient (Wildman–Crippen LogP) is 1.28. The maximum absolute atomic E-state index is 13.6. The number of nitrogens with zero attached hydrogens (tertiary/aromatic N) is 2. The van der Waals surface area contributed by atoms with Crippen molar-refractivity contribution in [3.63, 3.8) is 0 Å². The molecule has 0 aromatic carbocycles. The molecule has 0 spiro atoms. The Bertz CT molecular complexity index is 936. The van der Waals surface area contributed by atoms with Gasteiger partial charge in [-0.1, -0.05) is 33.8 Å². The lowest BCUT2D eigenvalue weighted by molar-refractivity contribution is -0.147. The van der Waals surface area contributed by atoms with Crippen LogP contribution in [0.2, 0.25) is 0 Å². The fourth-order valence-corrected chi connectivity index (χ4v) is 4.27. The summed E-state index contributed by atoms with van der Waals surface area (Å²) in [5, 5.41) is 6.44. The lowest BCUT2D eigenvalue weighted by Gasteiger charge is -2.32. The van der Waals surface area contributed by atoms with Gasteiger partial charge in [0.2, 0.25) is 17.7 Å². The van der Waals surface area contributed by atoms with Crippen molar-refractivity contribution in [1.29, 1.82) is 0 Å². The predicted molar refractivity (Wildman–Crippen MR) is 146 cm³/mol. The average Bonchev–Trinajstić information content (AvgIpc) is 3.37. The van der Waals surface area contributed by atoms with Crippen LogP contribution in [0, 0.1) is 11.8 Å².